The third-order valence-electron chi connectivity index (χ3n) is 6.42. The summed E-state index contributed by atoms with van der Waals surface area (Å²) in [4.78, 5) is 2.65. The minimum absolute atomic E-state index is 0.329. The van der Waals surface area contributed by atoms with E-state index >= 15 is 0 Å². The zero-order valence-corrected chi connectivity index (χ0v) is 20.5. The lowest BCUT2D eigenvalue weighted by Gasteiger charge is -2.33. The molecule has 0 radical (unpaired) electrons. The summed E-state index contributed by atoms with van der Waals surface area (Å²) in [7, 11) is 0. The van der Waals surface area contributed by atoms with Crippen molar-refractivity contribution in [1.29, 1.82) is 5.26 Å². The second kappa shape index (κ2) is 13.6. The van der Waals surface area contributed by atoms with E-state index in [0.29, 0.717) is 23.4 Å². The van der Waals surface area contributed by atoms with Gasteiger partial charge < -0.3 is 0 Å². The van der Waals surface area contributed by atoms with Crippen LogP contribution < -0.4 is 0 Å². The second-order valence-corrected chi connectivity index (χ2v) is 9.53. The molecule has 2 nitrogen and oxygen atoms in total. The Morgan fingerprint density at radius 3 is 2.13 bits per heavy atom. The monoisotopic (exact) mass is 438 g/mol. The quantitative estimate of drug-likeness (QED) is 0.382. The summed E-state index contributed by atoms with van der Waals surface area (Å²) in [6, 6.07) is 23.1. The predicted octanol–water partition coefficient (Wildman–Crippen LogP) is 7.37. The predicted molar refractivity (Wildman–Crippen MR) is 134 cm³/mol. The van der Waals surface area contributed by atoms with Crippen LogP contribution in [-0.2, 0) is 12.8 Å². The summed E-state index contributed by atoms with van der Waals surface area (Å²) >= 11 is 6.49. The topological polar surface area (TPSA) is 27.0 Å². The Hall–Kier alpha value is -1.82. The van der Waals surface area contributed by atoms with Gasteiger partial charge in [-0.05, 0) is 69.6 Å². The molecule has 3 atom stereocenters. The van der Waals surface area contributed by atoms with Gasteiger partial charge in [-0.1, -0.05) is 61.0 Å². The Kier molecular flexibility index (Phi) is 11.1. The van der Waals surface area contributed by atoms with E-state index in [0.717, 1.165) is 19.4 Å². The van der Waals surface area contributed by atoms with Crippen molar-refractivity contribution in [3.8, 4) is 6.07 Å². The summed E-state index contributed by atoms with van der Waals surface area (Å²) in [6.45, 7) is 9.58. The summed E-state index contributed by atoms with van der Waals surface area (Å²) in [5.41, 5.74) is 4.31. The second-order valence-electron chi connectivity index (χ2n) is 8.97. The molecule has 0 aromatic heterocycles. The van der Waals surface area contributed by atoms with Crippen LogP contribution in [0.25, 0.3) is 0 Å². The molecule has 2 aromatic carbocycles. The van der Waals surface area contributed by atoms with E-state index in [1.807, 2.05) is 0 Å². The lowest BCUT2D eigenvalue weighted by Crippen LogP contribution is -2.40. The largest absolute Gasteiger partial charge is 0.298 e. The number of aryl methyl sites for hydroxylation is 1. The van der Waals surface area contributed by atoms with Gasteiger partial charge >= 0.3 is 0 Å². The molecule has 3 rings (SSSR count). The van der Waals surface area contributed by atoms with Gasteiger partial charge in [0.1, 0.15) is 0 Å². The molecular weight excluding hydrogens is 400 g/mol. The van der Waals surface area contributed by atoms with E-state index in [1.54, 1.807) is 6.07 Å². The number of nitriles is 1. The number of halogens is 1. The fraction of sp³-hybridized carbons (Fsp3) is 0.536. The lowest BCUT2D eigenvalue weighted by molar-refractivity contribution is 0.158. The van der Waals surface area contributed by atoms with Gasteiger partial charge in [-0.15, -0.1) is 11.6 Å². The maximum absolute atomic E-state index is 7.32. The average molecular weight is 439 g/mol. The highest BCUT2D eigenvalue weighted by atomic mass is 35.5. The van der Waals surface area contributed by atoms with E-state index in [1.165, 1.54) is 49.3 Å². The van der Waals surface area contributed by atoms with Crippen LogP contribution in [0.15, 0.2) is 54.6 Å². The van der Waals surface area contributed by atoms with Crippen molar-refractivity contribution in [2.75, 3.05) is 6.54 Å². The number of hydrogen-bond acceptors (Lipinski definition) is 2. The van der Waals surface area contributed by atoms with E-state index in [4.69, 9.17) is 16.9 Å². The van der Waals surface area contributed by atoms with Crippen molar-refractivity contribution in [2.45, 2.75) is 89.6 Å². The van der Waals surface area contributed by atoms with Gasteiger partial charge in [-0.2, -0.15) is 5.26 Å². The molecule has 1 aliphatic carbocycles. The van der Waals surface area contributed by atoms with Crippen molar-refractivity contribution in [3.63, 3.8) is 0 Å². The zero-order valence-electron chi connectivity index (χ0n) is 19.7. The molecule has 3 heteroatoms. The molecule has 0 N–H and O–H groups in total. The summed E-state index contributed by atoms with van der Waals surface area (Å²) in [5.74, 6) is 0.559. The molecule has 3 unspecified atom stereocenters. The minimum atomic E-state index is 0.329. The molecule has 0 saturated heterocycles. The molecule has 0 aliphatic heterocycles. The summed E-state index contributed by atoms with van der Waals surface area (Å²) < 4.78 is 0. The lowest BCUT2D eigenvalue weighted by atomic mass is 9.95. The third kappa shape index (κ3) is 8.32. The van der Waals surface area contributed by atoms with Crippen molar-refractivity contribution >= 4 is 11.6 Å². The van der Waals surface area contributed by atoms with Crippen LogP contribution in [0.3, 0.4) is 0 Å². The Balaban J connectivity index is 0.00000107. The highest BCUT2D eigenvalue weighted by molar-refractivity contribution is 6.21. The molecule has 2 aromatic rings. The van der Waals surface area contributed by atoms with Gasteiger partial charge in [0.25, 0.3) is 0 Å². The molecular formula is C28H39ClN2. The number of rotatable bonds is 9. The van der Waals surface area contributed by atoms with Crippen LogP contribution in [0.2, 0.25) is 0 Å². The molecule has 1 fully saturated rings. The first-order chi connectivity index (χ1) is 15.0. The molecule has 0 bridgehead atoms. The minimum Gasteiger partial charge on any atom is -0.298 e. The maximum Gasteiger partial charge on any atom is 0.0587 e. The number of benzene rings is 2. The first-order valence-electron chi connectivity index (χ1n) is 11.8. The standard InChI is InChI=1S/C26H36ClN.C2H3N/c1-20(2)28(19-18-22-8-5-4-6-9-22)21(3)12-13-23-14-16-24(17-15-23)25-10-7-11-26(25)27;1-2-3/h4-6,8-9,14-17,20-21,25-26H,7,10-13,18-19H2,1-3H3;1H3. The van der Waals surface area contributed by atoms with Gasteiger partial charge in [0.05, 0.1) is 6.07 Å². The smallest absolute Gasteiger partial charge is 0.0587 e. The van der Waals surface area contributed by atoms with E-state index in [-0.39, 0.29) is 0 Å². The Bertz CT molecular complexity index is 779. The SMILES string of the molecule is CC#N.CC(C)N(CCc1ccccc1)C(C)CCc1ccc(C2CCCC2Cl)cc1. The van der Waals surface area contributed by atoms with Crippen molar-refractivity contribution in [3.05, 3.63) is 71.3 Å². The van der Waals surface area contributed by atoms with Gasteiger partial charge in [0.15, 0.2) is 0 Å². The summed E-state index contributed by atoms with van der Waals surface area (Å²) in [6.07, 6.45) is 7.15. The van der Waals surface area contributed by atoms with Crippen molar-refractivity contribution in [1.82, 2.24) is 4.90 Å². The molecule has 31 heavy (non-hydrogen) atoms. The van der Waals surface area contributed by atoms with E-state index in [9.17, 15) is 0 Å². The van der Waals surface area contributed by atoms with Gasteiger partial charge in [0.2, 0.25) is 0 Å². The highest BCUT2D eigenvalue weighted by Crippen LogP contribution is 2.38. The first kappa shape index (κ1) is 25.4. The fourth-order valence-corrected chi connectivity index (χ4v) is 5.08. The van der Waals surface area contributed by atoms with Crippen molar-refractivity contribution < 1.29 is 0 Å². The maximum atomic E-state index is 7.32. The normalized spacial score (nSPS) is 19.0. The van der Waals surface area contributed by atoms with E-state index < -0.39 is 0 Å². The number of nitrogens with zero attached hydrogens (tertiary/aromatic N) is 2. The Morgan fingerprint density at radius 2 is 1.58 bits per heavy atom. The Morgan fingerprint density at radius 1 is 0.968 bits per heavy atom. The van der Waals surface area contributed by atoms with Crippen LogP contribution in [0.1, 0.15) is 76.0 Å². The molecule has 168 valence electrons. The van der Waals surface area contributed by atoms with Crippen LogP contribution in [0.4, 0.5) is 0 Å². The fourth-order valence-electron chi connectivity index (χ4n) is 4.65. The molecule has 1 aliphatic rings. The zero-order chi connectivity index (χ0) is 22.6. The Labute approximate surface area is 195 Å². The summed E-state index contributed by atoms with van der Waals surface area (Å²) in [5, 5.41) is 7.65. The molecule has 0 amide bonds. The van der Waals surface area contributed by atoms with Gasteiger partial charge in [0, 0.05) is 36.8 Å². The van der Waals surface area contributed by atoms with Gasteiger partial charge in [-0.25, -0.2) is 0 Å². The number of alkyl halides is 1. The van der Waals surface area contributed by atoms with Crippen LogP contribution in [-0.4, -0.2) is 28.9 Å². The van der Waals surface area contributed by atoms with Crippen LogP contribution >= 0.6 is 11.6 Å². The third-order valence-corrected chi connectivity index (χ3v) is 6.94. The van der Waals surface area contributed by atoms with Crippen LogP contribution in [0.5, 0.6) is 0 Å². The number of hydrogen-bond donors (Lipinski definition) is 0. The highest BCUT2D eigenvalue weighted by Gasteiger charge is 2.26. The molecule has 0 heterocycles. The van der Waals surface area contributed by atoms with Crippen molar-refractivity contribution in [2.24, 2.45) is 0 Å². The average Bonchev–Trinajstić information content (AvgIpc) is 3.20. The first-order valence-corrected chi connectivity index (χ1v) is 12.2. The molecule has 1 saturated carbocycles. The van der Waals surface area contributed by atoms with Gasteiger partial charge in [-0.3, -0.25) is 4.90 Å². The molecule has 0 spiro atoms. The van der Waals surface area contributed by atoms with Crippen LogP contribution in [0, 0.1) is 11.3 Å². The van der Waals surface area contributed by atoms with E-state index in [2.05, 4.69) is 80.3 Å².